The number of carbonyl (C=O) groups excluding carboxylic acids is 1. The number of likely N-dealkylation sites (tertiary alicyclic amines) is 1. The minimum Gasteiger partial charge on any atom is -0.480 e. The monoisotopic (exact) mass is 289 g/mol. The molecule has 1 aromatic carbocycles. The van der Waals surface area contributed by atoms with Gasteiger partial charge >= 0.3 is 5.97 Å². The fourth-order valence-corrected chi connectivity index (χ4v) is 2.85. The van der Waals surface area contributed by atoms with E-state index < -0.39 is 12.0 Å². The number of carboxylic acids is 1. The molecule has 1 unspecified atom stereocenters. The summed E-state index contributed by atoms with van der Waals surface area (Å²) in [5.74, 6) is -0.902. The molecule has 2 rings (SSSR count). The molecule has 0 aromatic heterocycles. The standard InChI is InChI=1S/C17H23NO3/c1-2-13-8-10-14(11-9-13)5-3-7-16(19)18-12-4-6-15(18)17(20)21/h8-11,15H,2-7,12H2,1H3,(H,20,21). The third kappa shape index (κ3) is 4.06. The molecular weight excluding hydrogens is 266 g/mol. The molecule has 1 saturated heterocycles. The van der Waals surface area contributed by atoms with Crippen LogP contribution in [0, 0.1) is 0 Å². The van der Waals surface area contributed by atoms with Gasteiger partial charge in [0.2, 0.25) is 5.91 Å². The van der Waals surface area contributed by atoms with Crippen LogP contribution >= 0.6 is 0 Å². The summed E-state index contributed by atoms with van der Waals surface area (Å²) < 4.78 is 0. The summed E-state index contributed by atoms with van der Waals surface area (Å²) in [6.45, 7) is 2.71. The van der Waals surface area contributed by atoms with Gasteiger partial charge in [-0.05, 0) is 43.2 Å². The Kier molecular flexibility index (Phi) is 5.37. The van der Waals surface area contributed by atoms with E-state index in [-0.39, 0.29) is 5.91 Å². The van der Waals surface area contributed by atoms with Crippen LogP contribution in [0.4, 0.5) is 0 Å². The predicted octanol–water partition coefficient (Wildman–Crippen LogP) is 2.65. The van der Waals surface area contributed by atoms with Crippen molar-refractivity contribution in [1.29, 1.82) is 0 Å². The Bertz CT molecular complexity index is 495. The maximum Gasteiger partial charge on any atom is 0.326 e. The summed E-state index contributed by atoms with van der Waals surface area (Å²) in [5.41, 5.74) is 2.55. The van der Waals surface area contributed by atoms with Crippen LogP contribution in [0.25, 0.3) is 0 Å². The molecule has 114 valence electrons. The summed E-state index contributed by atoms with van der Waals surface area (Å²) in [5, 5.41) is 9.09. The predicted molar refractivity (Wildman–Crippen MR) is 81.1 cm³/mol. The SMILES string of the molecule is CCc1ccc(CCCC(=O)N2CCCC2C(=O)O)cc1. The van der Waals surface area contributed by atoms with E-state index in [0.717, 1.165) is 25.7 Å². The average Bonchev–Trinajstić information content (AvgIpc) is 2.97. The van der Waals surface area contributed by atoms with Crippen molar-refractivity contribution in [2.75, 3.05) is 6.54 Å². The number of nitrogens with zero attached hydrogens (tertiary/aromatic N) is 1. The molecule has 0 bridgehead atoms. The van der Waals surface area contributed by atoms with E-state index in [1.165, 1.54) is 16.0 Å². The lowest BCUT2D eigenvalue weighted by Gasteiger charge is -2.21. The van der Waals surface area contributed by atoms with Crippen molar-refractivity contribution in [1.82, 2.24) is 4.90 Å². The van der Waals surface area contributed by atoms with Crippen molar-refractivity contribution in [2.45, 2.75) is 51.5 Å². The van der Waals surface area contributed by atoms with Crippen LogP contribution in [0.5, 0.6) is 0 Å². The maximum absolute atomic E-state index is 12.1. The maximum atomic E-state index is 12.1. The Morgan fingerprint density at radius 1 is 1.24 bits per heavy atom. The summed E-state index contributed by atoms with van der Waals surface area (Å²) in [6, 6.07) is 7.86. The van der Waals surface area contributed by atoms with Crippen molar-refractivity contribution in [3.8, 4) is 0 Å². The summed E-state index contributed by atoms with van der Waals surface area (Å²) >= 11 is 0. The molecular formula is C17H23NO3. The first-order valence-electron chi connectivity index (χ1n) is 7.72. The van der Waals surface area contributed by atoms with Crippen molar-refractivity contribution < 1.29 is 14.7 Å². The third-order valence-corrected chi connectivity index (χ3v) is 4.15. The van der Waals surface area contributed by atoms with E-state index in [0.29, 0.717) is 19.4 Å². The van der Waals surface area contributed by atoms with Gasteiger partial charge in [0.1, 0.15) is 6.04 Å². The molecule has 1 aromatic rings. The van der Waals surface area contributed by atoms with Crippen LogP contribution in [0.3, 0.4) is 0 Å². The number of aliphatic carboxylic acids is 1. The number of hydrogen-bond acceptors (Lipinski definition) is 2. The molecule has 4 nitrogen and oxygen atoms in total. The molecule has 1 atom stereocenters. The second-order valence-corrected chi connectivity index (χ2v) is 5.61. The van der Waals surface area contributed by atoms with Gasteiger partial charge in [-0.2, -0.15) is 0 Å². The molecule has 0 spiro atoms. The lowest BCUT2D eigenvalue weighted by molar-refractivity contribution is -0.148. The van der Waals surface area contributed by atoms with E-state index in [2.05, 4.69) is 31.2 Å². The number of amides is 1. The molecule has 21 heavy (non-hydrogen) atoms. The largest absolute Gasteiger partial charge is 0.480 e. The number of hydrogen-bond donors (Lipinski definition) is 1. The van der Waals surface area contributed by atoms with Gasteiger partial charge in [-0.15, -0.1) is 0 Å². The second-order valence-electron chi connectivity index (χ2n) is 5.61. The Morgan fingerprint density at radius 2 is 1.90 bits per heavy atom. The van der Waals surface area contributed by atoms with E-state index >= 15 is 0 Å². The van der Waals surface area contributed by atoms with Crippen molar-refractivity contribution in [3.05, 3.63) is 35.4 Å². The zero-order chi connectivity index (χ0) is 15.2. The number of carbonyl (C=O) groups is 2. The molecule has 4 heteroatoms. The first-order valence-corrected chi connectivity index (χ1v) is 7.72. The van der Waals surface area contributed by atoms with Crippen LogP contribution in [0.15, 0.2) is 24.3 Å². The number of aryl methyl sites for hydroxylation is 2. The fraction of sp³-hybridized carbons (Fsp3) is 0.529. The molecule has 0 saturated carbocycles. The van der Waals surface area contributed by atoms with Gasteiger partial charge in [0.15, 0.2) is 0 Å². The van der Waals surface area contributed by atoms with Crippen LogP contribution in [-0.2, 0) is 22.4 Å². The van der Waals surface area contributed by atoms with Gasteiger partial charge in [0.05, 0.1) is 0 Å². The van der Waals surface area contributed by atoms with Crippen LogP contribution in [0.1, 0.15) is 43.7 Å². The highest BCUT2D eigenvalue weighted by molar-refractivity contribution is 5.84. The smallest absolute Gasteiger partial charge is 0.326 e. The topological polar surface area (TPSA) is 57.6 Å². The molecule has 1 N–H and O–H groups in total. The van der Waals surface area contributed by atoms with Gasteiger partial charge in [0, 0.05) is 13.0 Å². The lowest BCUT2D eigenvalue weighted by Crippen LogP contribution is -2.40. The normalized spacial score (nSPS) is 18.0. The molecule has 0 aliphatic carbocycles. The highest BCUT2D eigenvalue weighted by Crippen LogP contribution is 2.19. The first kappa shape index (κ1) is 15.5. The van der Waals surface area contributed by atoms with Gasteiger partial charge in [-0.25, -0.2) is 4.79 Å². The quantitative estimate of drug-likeness (QED) is 0.876. The molecule has 1 fully saturated rings. The number of carboxylic acid groups (broad SMARTS) is 1. The first-order chi connectivity index (χ1) is 10.1. The fourth-order valence-electron chi connectivity index (χ4n) is 2.85. The molecule has 0 radical (unpaired) electrons. The molecule has 1 amide bonds. The van der Waals surface area contributed by atoms with Crippen molar-refractivity contribution >= 4 is 11.9 Å². The van der Waals surface area contributed by atoms with Gasteiger partial charge in [-0.3, -0.25) is 4.79 Å². The van der Waals surface area contributed by atoms with E-state index in [4.69, 9.17) is 5.11 Å². The number of rotatable bonds is 6. The third-order valence-electron chi connectivity index (χ3n) is 4.15. The van der Waals surface area contributed by atoms with Gasteiger partial charge in [0.25, 0.3) is 0 Å². The van der Waals surface area contributed by atoms with Crippen LogP contribution < -0.4 is 0 Å². The highest BCUT2D eigenvalue weighted by atomic mass is 16.4. The summed E-state index contributed by atoms with van der Waals surface area (Å²) in [4.78, 5) is 24.7. The number of benzene rings is 1. The summed E-state index contributed by atoms with van der Waals surface area (Å²) in [7, 11) is 0. The Labute approximate surface area is 125 Å². The minimum atomic E-state index is -0.879. The second kappa shape index (κ2) is 7.25. The van der Waals surface area contributed by atoms with E-state index in [9.17, 15) is 9.59 Å². The zero-order valence-corrected chi connectivity index (χ0v) is 12.5. The Morgan fingerprint density at radius 3 is 2.52 bits per heavy atom. The minimum absolute atomic E-state index is 0.0231. The lowest BCUT2D eigenvalue weighted by atomic mass is 10.0. The summed E-state index contributed by atoms with van der Waals surface area (Å²) in [6.07, 6.45) is 4.47. The van der Waals surface area contributed by atoms with E-state index in [1.807, 2.05) is 0 Å². The van der Waals surface area contributed by atoms with Gasteiger partial charge < -0.3 is 10.0 Å². The molecule has 1 heterocycles. The zero-order valence-electron chi connectivity index (χ0n) is 12.5. The Hall–Kier alpha value is -1.84. The molecule has 1 aliphatic rings. The van der Waals surface area contributed by atoms with E-state index in [1.54, 1.807) is 0 Å². The highest BCUT2D eigenvalue weighted by Gasteiger charge is 2.33. The molecule has 1 aliphatic heterocycles. The Balaban J connectivity index is 1.79. The van der Waals surface area contributed by atoms with Crippen molar-refractivity contribution in [2.24, 2.45) is 0 Å². The van der Waals surface area contributed by atoms with Crippen LogP contribution in [0.2, 0.25) is 0 Å². The van der Waals surface area contributed by atoms with Gasteiger partial charge in [-0.1, -0.05) is 31.2 Å². The average molecular weight is 289 g/mol. The van der Waals surface area contributed by atoms with Crippen LogP contribution in [-0.4, -0.2) is 34.5 Å². The van der Waals surface area contributed by atoms with Crippen molar-refractivity contribution in [3.63, 3.8) is 0 Å².